The van der Waals surface area contributed by atoms with Crippen LogP contribution in [0.25, 0.3) is 0 Å². The number of hydrogen-bond donors (Lipinski definition) is 2. The van der Waals surface area contributed by atoms with Crippen molar-refractivity contribution in [2.24, 2.45) is 13.0 Å². The molecule has 0 bridgehead atoms. The maximum absolute atomic E-state index is 12.9. The van der Waals surface area contributed by atoms with Crippen molar-refractivity contribution in [1.82, 2.24) is 20.1 Å². The lowest BCUT2D eigenvalue weighted by atomic mass is 10.0. The molecule has 1 heterocycles. The number of carbonyl (C=O) groups excluding carboxylic acids is 2. The molecule has 11 heteroatoms. The third-order valence-electron chi connectivity index (χ3n) is 5.22. The maximum atomic E-state index is 12.9. The standard InChI is InChI=1S/C24H26F3N5O2S/c1-14(2)20(29-22(34)16-10-8-15(3)9-11-16)21-30-31-23(32(21)4)35-13-19(33)28-18-7-5-6-17(12-18)24(25,26)27/h5-12,14,20H,13H2,1-4H3,(H,28,33)(H,29,34)/t20-/m1/s1. The van der Waals surface area contributed by atoms with Gasteiger partial charge in [0.25, 0.3) is 5.91 Å². The number of benzene rings is 2. The second-order valence-corrected chi connectivity index (χ2v) is 9.32. The molecule has 0 radical (unpaired) electrons. The molecule has 0 spiro atoms. The third kappa shape index (κ3) is 6.84. The summed E-state index contributed by atoms with van der Waals surface area (Å²) in [7, 11) is 1.73. The fourth-order valence-electron chi connectivity index (χ4n) is 3.28. The van der Waals surface area contributed by atoms with Crippen molar-refractivity contribution in [3.63, 3.8) is 0 Å². The van der Waals surface area contributed by atoms with Gasteiger partial charge < -0.3 is 15.2 Å². The SMILES string of the molecule is Cc1ccc(C(=O)N[C@@H](c2nnc(SCC(=O)Nc3cccc(C(F)(F)F)c3)n2C)C(C)C)cc1. The highest BCUT2D eigenvalue weighted by molar-refractivity contribution is 7.99. The molecule has 35 heavy (non-hydrogen) atoms. The predicted molar refractivity (Wildman–Crippen MR) is 128 cm³/mol. The number of anilines is 1. The van der Waals surface area contributed by atoms with Crippen LogP contribution in [-0.2, 0) is 18.0 Å². The van der Waals surface area contributed by atoms with Gasteiger partial charge in [-0.15, -0.1) is 10.2 Å². The molecule has 2 aromatic carbocycles. The van der Waals surface area contributed by atoms with Gasteiger partial charge in [-0.2, -0.15) is 13.2 Å². The molecule has 3 aromatic rings. The van der Waals surface area contributed by atoms with Crippen LogP contribution >= 0.6 is 11.8 Å². The van der Waals surface area contributed by atoms with Crippen molar-refractivity contribution in [3.05, 3.63) is 71.0 Å². The summed E-state index contributed by atoms with van der Waals surface area (Å²) < 4.78 is 40.3. The summed E-state index contributed by atoms with van der Waals surface area (Å²) in [6, 6.07) is 11.3. The molecule has 1 atom stereocenters. The number of nitrogens with zero attached hydrogens (tertiary/aromatic N) is 3. The number of halogens is 3. The number of amides is 2. The van der Waals surface area contributed by atoms with E-state index in [2.05, 4.69) is 20.8 Å². The summed E-state index contributed by atoms with van der Waals surface area (Å²) >= 11 is 1.09. The molecule has 0 aliphatic heterocycles. The number of rotatable bonds is 8. The van der Waals surface area contributed by atoms with Gasteiger partial charge in [0.1, 0.15) is 0 Å². The number of hydrogen-bond acceptors (Lipinski definition) is 5. The van der Waals surface area contributed by atoms with Gasteiger partial charge in [-0.1, -0.05) is 49.4 Å². The van der Waals surface area contributed by atoms with E-state index in [1.807, 2.05) is 32.9 Å². The summed E-state index contributed by atoms with van der Waals surface area (Å²) in [6.07, 6.45) is -4.49. The van der Waals surface area contributed by atoms with Crippen LogP contribution in [0.4, 0.5) is 18.9 Å². The molecule has 0 saturated carbocycles. The lowest BCUT2D eigenvalue weighted by Crippen LogP contribution is -2.33. The molecule has 186 valence electrons. The Labute approximate surface area is 205 Å². The predicted octanol–water partition coefficient (Wildman–Crippen LogP) is 5.00. The molecule has 2 amide bonds. The number of carbonyl (C=O) groups is 2. The van der Waals surface area contributed by atoms with E-state index in [9.17, 15) is 22.8 Å². The molecule has 1 aromatic heterocycles. The fourth-order valence-corrected chi connectivity index (χ4v) is 4.00. The number of thioether (sulfide) groups is 1. The van der Waals surface area contributed by atoms with Gasteiger partial charge in [0.15, 0.2) is 11.0 Å². The second kappa shape index (κ2) is 10.9. The van der Waals surface area contributed by atoms with Crippen molar-refractivity contribution in [2.45, 2.75) is 38.1 Å². The van der Waals surface area contributed by atoms with Gasteiger partial charge >= 0.3 is 6.18 Å². The topological polar surface area (TPSA) is 88.9 Å². The van der Waals surface area contributed by atoms with E-state index < -0.39 is 23.7 Å². The minimum Gasteiger partial charge on any atom is -0.342 e. The summed E-state index contributed by atoms with van der Waals surface area (Å²) in [4.78, 5) is 25.0. The Morgan fingerprint density at radius 2 is 1.77 bits per heavy atom. The van der Waals surface area contributed by atoms with Crippen LogP contribution in [0, 0.1) is 12.8 Å². The first-order chi connectivity index (χ1) is 16.5. The van der Waals surface area contributed by atoms with E-state index in [1.54, 1.807) is 23.7 Å². The minimum absolute atomic E-state index is 0.00866. The Balaban J connectivity index is 1.65. The molecule has 0 fully saturated rings. The van der Waals surface area contributed by atoms with Gasteiger partial charge in [0.2, 0.25) is 5.91 Å². The zero-order valence-electron chi connectivity index (χ0n) is 19.7. The zero-order chi connectivity index (χ0) is 25.8. The van der Waals surface area contributed by atoms with Crippen LogP contribution in [0.2, 0.25) is 0 Å². The Hall–Kier alpha value is -3.34. The largest absolute Gasteiger partial charge is 0.416 e. The molecule has 0 unspecified atom stereocenters. The molecule has 0 aliphatic carbocycles. The van der Waals surface area contributed by atoms with Crippen molar-refractivity contribution in [3.8, 4) is 0 Å². The van der Waals surface area contributed by atoms with E-state index in [0.717, 1.165) is 29.5 Å². The van der Waals surface area contributed by atoms with E-state index in [0.29, 0.717) is 16.5 Å². The quantitative estimate of drug-likeness (QED) is 0.421. The summed E-state index contributed by atoms with van der Waals surface area (Å²) in [5.74, 6) is -0.256. The van der Waals surface area contributed by atoms with Gasteiger partial charge in [0.05, 0.1) is 17.4 Å². The van der Waals surface area contributed by atoms with Crippen LogP contribution in [0.5, 0.6) is 0 Å². The molecule has 0 saturated heterocycles. The van der Waals surface area contributed by atoms with E-state index in [1.165, 1.54) is 12.1 Å². The highest BCUT2D eigenvalue weighted by Gasteiger charge is 2.30. The van der Waals surface area contributed by atoms with Gasteiger partial charge in [-0.3, -0.25) is 9.59 Å². The van der Waals surface area contributed by atoms with Crippen molar-refractivity contribution >= 4 is 29.3 Å². The zero-order valence-corrected chi connectivity index (χ0v) is 20.5. The van der Waals surface area contributed by atoms with Gasteiger partial charge in [0, 0.05) is 18.3 Å². The Bertz CT molecular complexity index is 1190. The highest BCUT2D eigenvalue weighted by atomic mass is 32.2. The number of nitrogens with one attached hydrogen (secondary N) is 2. The van der Waals surface area contributed by atoms with Crippen LogP contribution in [0.15, 0.2) is 53.7 Å². The van der Waals surface area contributed by atoms with Crippen LogP contribution in [-0.4, -0.2) is 32.3 Å². The lowest BCUT2D eigenvalue weighted by molar-refractivity contribution is -0.137. The molecule has 7 nitrogen and oxygen atoms in total. The molecular weight excluding hydrogens is 479 g/mol. The van der Waals surface area contributed by atoms with Crippen molar-refractivity contribution in [2.75, 3.05) is 11.1 Å². The lowest BCUT2D eigenvalue weighted by Gasteiger charge is -2.21. The van der Waals surface area contributed by atoms with Crippen LogP contribution in [0.3, 0.4) is 0 Å². The van der Waals surface area contributed by atoms with E-state index in [4.69, 9.17) is 0 Å². The fraction of sp³-hybridized carbons (Fsp3) is 0.333. The van der Waals surface area contributed by atoms with Crippen molar-refractivity contribution < 1.29 is 22.8 Å². The first-order valence-corrected chi connectivity index (χ1v) is 11.8. The monoisotopic (exact) mass is 505 g/mol. The van der Waals surface area contributed by atoms with Crippen LogP contribution < -0.4 is 10.6 Å². The number of aromatic nitrogens is 3. The average Bonchev–Trinajstić information content (AvgIpc) is 3.15. The van der Waals surface area contributed by atoms with E-state index >= 15 is 0 Å². The normalized spacial score (nSPS) is 12.5. The smallest absolute Gasteiger partial charge is 0.342 e. The number of alkyl halides is 3. The first-order valence-electron chi connectivity index (χ1n) is 10.8. The van der Waals surface area contributed by atoms with Crippen LogP contribution in [0.1, 0.15) is 47.2 Å². The summed E-state index contributed by atoms with van der Waals surface area (Å²) in [6.45, 7) is 5.84. The van der Waals surface area contributed by atoms with E-state index in [-0.39, 0.29) is 23.3 Å². The minimum atomic E-state index is -4.49. The summed E-state index contributed by atoms with van der Waals surface area (Å²) in [5, 5.41) is 14.3. The van der Waals surface area contributed by atoms with Gasteiger partial charge in [-0.25, -0.2) is 0 Å². The molecule has 3 rings (SSSR count). The Morgan fingerprint density at radius 3 is 2.40 bits per heavy atom. The first kappa shape index (κ1) is 26.3. The third-order valence-corrected chi connectivity index (χ3v) is 6.24. The second-order valence-electron chi connectivity index (χ2n) is 8.38. The average molecular weight is 506 g/mol. The number of aryl methyl sites for hydroxylation is 1. The molecule has 0 aliphatic rings. The highest BCUT2D eigenvalue weighted by Crippen LogP contribution is 2.31. The van der Waals surface area contributed by atoms with Crippen molar-refractivity contribution in [1.29, 1.82) is 0 Å². The molecular formula is C24H26F3N5O2S. The maximum Gasteiger partial charge on any atom is 0.416 e. The Kier molecular flexibility index (Phi) is 8.21. The van der Waals surface area contributed by atoms with Gasteiger partial charge in [-0.05, 0) is 43.2 Å². The molecule has 2 N–H and O–H groups in total. The summed E-state index contributed by atoms with van der Waals surface area (Å²) in [5.41, 5.74) is 0.800. The Morgan fingerprint density at radius 1 is 1.09 bits per heavy atom.